The Morgan fingerprint density at radius 1 is 1.24 bits per heavy atom. The van der Waals surface area contributed by atoms with E-state index in [4.69, 9.17) is 5.73 Å². The molecule has 5 heteroatoms. The van der Waals surface area contributed by atoms with Gasteiger partial charge in [0, 0.05) is 19.5 Å². The second-order valence-corrected chi connectivity index (χ2v) is 8.21. The summed E-state index contributed by atoms with van der Waals surface area (Å²) in [6, 6.07) is 8.12. The molecular weight excluding hydrogens is 314 g/mol. The molecule has 1 aliphatic rings. The van der Waals surface area contributed by atoms with Gasteiger partial charge in [-0.15, -0.1) is 0 Å². The van der Waals surface area contributed by atoms with Crippen LogP contribution in [0.4, 0.5) is 4.79 Å². The fourth-order valence-electron chi connectivity index (χ4n) is 3.51. The van der Waals surface area contributed by atoms with Gasteiger partial charge < -0.3 is 16.0 Å². The number of hydrogen-bond acceptors (Lipinski definition) is 2. The number of nitrogens with two attached hydrogens (primary N) is 1. The number of nitrogens with one attached hydrogen (secondary N) is 1. The number of aryl methyl sites for hydroxylation is 1. The number of carbonyl (C=O) groups excluding carboxylic acids is 2. The number of piperidine rings is 1. The lowest BCUT2D eigenvalue weighted by molar-refractivity contribution is -0.119. The van der Waals surface area contributed by atoms with Crippen LogP contribution in [0.2, 0.25) is 0 Å². The molecule has 1 aromatic rings. The SMILES string of the molecule is Cc1ccccc1[C@H](NC(=O)N1CCC(CC(N)=O)CC1)C(C)(C)C. The van der Waals surface area contributed by atoms with Gasteiger partial charge in [0.1, 0.15) is 0 Å². The van der Waals surface area contributed by atoms with Gasteiger partial charge in [0.2, 0.25) is 5.91 Å². The van der Waals surface area contributed by atoms with Crippen LogP contribution in [0.1, 0.15) is 57.2 Å². The smallest absolute Gasteiger partial charge is 0.317 e. The van der Waals surface area contributed by atoms with Crippen molar-refractivity contribution in [2.75, 3.05) is 13.1 Å². The van der Waals surface area contributed by atoms with Gasteiger partial charge in [0.15, 0.2) is 0 Å². The molecule has 1 atom stereocenters. The molecule has 0 aromatic heterocycles. The average Bonchev–Trinajstić information content (AvgIpc) is 2.52. The maximum absolute atomic E-state index is 12.8. The van der Waals surface area contributed by atoms with Gasteiger partial charge in [0.05, 0.1) is 6.04 Å². The van der Waals surface area contributed by atoms with E-state index in [0.717, 1.165) is 18.4 Å². The number of benzene rings is 1. The Morgan fingerprint density at radius 2 is 1.84 bits per heavy atom. The van der Waals surface area contributed by atoms with Crippen molar-refractivity contribution < 1.29 is 9.59 Å². The van der Waals surface area contributed by atoms with Crippen molar-refractivity contribution in [3.05, 3.63) is 35.4 Å². The van der Waals surface area contributed by atoms with Crippen LogP contribution in [0.3, 0.4) is 0 Å². The Labute approximate surface area is 151 Å². The highest BCUT2D eigenvalue weighted by Crippen LogP contribution is 2.34. The van der Waals surface area contributed by atoms with Crippen LogP contribution in [-0.4, -0.2) is 29.9 Å². The molecule has 5 nitrogen and oxygen atoms in total. The van der Waals surface area contributed by atoms with Crippen LogP contribution in [0.5, 0.6) is 0 Å². The van der Waals surface area contributed by atoms with E-state index in [1.807, 2.05) is 17.0 Å². The van der Waals surface area contributed by atoms with Crippen LogP contribution in [0, 0.1) is 18.3 Å². The van der Waals surface area contributed by atoms with E-state index in [0.29, 0.717) is 25.4 Å². The maximum atomic E-state index is 12.8. The van der Waals surface area contributed by atoms with Gasteiger partial charge in [-0.3, -0.25) is 4.79 Å². The van der Waals surface area contributed by atoms with Gasteiger partial charge in [-0.2, -0.15) is 0 Å². The molecule has 1 aliphatic heterocycles. The second-order valence-electron chi connectivity index (χ2n) is 8.21. The standard InChI is InChI=1S/C20H31N3O2/c1-14-7-5-6-8-16(14)18(20(2,3)4)22-19(25)23-11-9-15(10-12-23)13-17(21)24/h5-8,15,18H,9-13H2,1-4H3,(H2,21,24)(H,22,25)/t18-/m0/s1. The monoisotopic (exact) mass is 345 g/mol. The largest absolute Gasteiger partial charge is 0.370 e. The van der Waals surface area contributed by atoms with E-state index in [1.165, 1.54) is 5.56 Å². The maximum Gasteiger partial charge on any atom is 0.317 e. The van der Waals surface area contributed by atoms with Crippen molar-refractivity contribution in [2.24, 2.45) is 17.1 Å². The highest BCUT2D eigenvalue weighted by Gasteiger charge is 2.31. The molecule has 1 heterocycles. The van der Waals surface area contributed by atoms with Crippen molar-refractivity contribution in [3.8, 4) is 0 Å². The first-order valence-electron chi connectivity index (χ1n) is 9.07. The van der Waals surface area contributed by atoms with E-state index in [1.54, 1.807) is 0 Å². The van der Waals surface area contributed by atoms with Crippen LogP contribution in [-0.2, 0) is 4.79 Å². The minimum Gasteiger partial charge on any atom is -0.370 e. The van der Waals surface area contributed by atoms with E-state index in [-0.39, 0.29) is 23.4 Å². The number of carbonyl (C=O) groups is 2. The average molecular weight is 345 g/mol. The first-order valence-corrected chi connectivity index (χ1v) is 9.07. The Hall–Kier alpha value is -2.04. The van der Waals surface area contributed by atoms with E-state index in [9.17, 15) is 9.59 Å². The summed E-state index contributed by atoms with van der Waals surface area (Å²) >= 11 is 0. The molecule has 3 amide bonds. The Kier molecular flexibility index (Phi) is 6.09. The third-order valence-corrected chi connectivity index (χ3v) is 5.02. The predicted octanol–water partition coefficient (Wildman–Crippen LogP) is 3.38. The molecule has 138 valence electrons. The Bertz CT molecular complexity index is 614. The summed E-state index contributed by atoms with van der Waals surface area (Å²) in [7, 11) is 0. The summed E-state index contributed by atoms with van der Waals surface area (Å²) in [6.07, 6.45) is 2.09. The molecule has 1 aromatic carbocycles. The number of urea groups is 1. The van der Waals surface area contributed by atoms with Crippen LogP contribution < -0.4 is 11.1 Å². The summed E-state index contributed by atoms with van der Waals surface area (Å²) < 4.78 is 0. The van der Waals surface area contributed by atoms with Crippen molar-refractivity contribution in [2.45, 2.75) is 53.0 Å². The minimum absolute atomic E-state index is 0.0271. The fourth-order valence-corrected chi connectivity index (χ4v) is 3.51. The molecule has 3 N–H and O–H groups in total. The molecule has 0 spiro atoms. The molecule has 0 unspecified atom stereocenters. The summed E-state index contributed by atoms with van der Waals surface area (Å²) in [5.41, 5.74) is 7.53. The van der Waals surface area contributed by atoms with E-state index in [2.05, 4.69) is 45.1 Å². The Morgan fingerprint density at radius 3 is 2.36 bits per heavy atom. The lowest BCUT2D eigenvalue weighted by atomic mass is 9.81. The predicted molar refractivity (Wildman–Crippen MR) is 100 cm³/mol. The molecule has 0 radical (unpaired) electrons. The fraction of sp³-hybridized carbons (Fsp3) is 0.600. The first-order chi connectivity index (χ1) is 11.7. The van der Waals surface area contributed by atoms with Gasteiger partial charge >= 0.3 is 6.03 Å². The molecule has 0 bridgehead atoms. The molecule has 0 saturated carbocycles. The van der Waals surface area contributed by atoms with E-state index < -0.39 is 0 Å². The zero-order valence-electron chi connectivity index (χ0n) is 15.8. The van der Waals surface area contributed by atoms with E-state index >= 15 is 0 Å². The summed E-state index contributed by atoms with van der Waals surface area (Å²) in [5, 5.41) is 3.23. The van der Waals surface area contributed by atoms with Gasteiger partial charge in [-0.1, -0.05) is 45.0 Å². The van der Waals surface area contributed by atoms with Crippen LogP contribution in [0.15, 0.2) is 24.3 Å². The molecule has 2 rings (SSSR count). The highest BCUT2D eigenvalue weighted by atomic mass is 16.2. The van der Waals surface area contributed by atoms with Crippen LogP contribution >= 0.6 is 0 Å². The highest BCUT2D eigenvalue weighted by molar-refractivity contribution is 5.75. The molecule has 1 saturated heterocycles. The number of likely N-dealkylation sites (tertiary alicyclic amines) is 1. The number of amides is 3. The van der Waals surface area contributed by atoms with Crippen LogP contribution in [0.25, 0.3) is 0 Å². The summed E-state index contributed by atoms with van der Waals surface area (Å²) in [5.74, 6) is 0.0478. The first kappa shape index (κ1) is 19.3. The number of primary amides is 1. The normalized spacial score (nSPS) is 17.2. The lowest BCUT2D eigenvalue weighted by Crippen LogP contribution is -2.48. The van der Waals surface area contributed by atoms with Crippen molar-refractivity contribution in [1.82, 2.24) is 10.2 Å². The van der Waals surface area contributed by atoms with Gasteiger partial charge in [-0.05, 0) is 42.2 Å². The molecule has 25 heavy (non-hydrogen) atoms. The zero-order chi connectivity index (χ0) is 18.6. The summed E-state index contributed by atoms with van der Waals surface area (Å²) in [4.78, 5) is 25.7. The third-order valence-electron chi connectivity index (χ3n) is 5.02. The molecular formula is C20H31N3O2. The van der Waals surface area contributed by atoms with Gasteiger partial charge in [-0.25, -0.2) is 4.79 Å². The minimum atomic E-state index is -0.254. The number of rotatable bonds is 4. The summed E-state index contributed by atoms with van der Waals surface area (Å²) in [6.45, 7) is 9.86. The Balaban J connectivity index is 2.04. The molecule has 1 fully saturated rings. The zero-order valence-corrected chi connectivity index (χ0v) is 15.8. The van der Waals surface area contributed by atoms with Gasteiger partial charge in [0.25, 0.3) is 0 Å². The van der Waals surface area contributed by atoms with Crippen molar-refractivity contribution >= 4 is 11.9 Å². The second kappa shape index (κ2) is 7.89. The lowest BCUT2D eigenvalue weighted by Gasteiger charge is -2.37. The van der Waals surface area contributed by atoms with Crippen molar-refractivity contribution in [1.29, 1.82) is 0 Å². The number of nitrogens with zero attached hydrogens (tertiary/aromatic N) is 1. The quantitative estimate of drug-likeness (QED) is 0.878. The molecule has 0 aliphatic carbocycles. The number of hydrogen-bond donors (Lipinski definition) is 2. The topological polar surface area (TPSA) is 75.4 Å². The third kappa shape index (κ3) is 5.21. The van der Waals surface area contributed by atoms with Crippen molar-refractivity contribution in [3.63, 3.8) is 0 Å².